The van der Waals surface area contributed by atoms with E-state index >= 15 is 0 Å². The second-order valence-corrected chi connectivity index (χ2v) is 4.83. The fourth-order valence-electron chi connectivity index (χ4n) is 1.57. The van der Waals surface area contributed by atoms with Gasteiger partial charge in [0.05, 0.1) is 5.03 Å². The Balaban J connectivity index is 2.07. The third-order valence-corrected chi connectivity index (χ3v) is 3.68. The normalized spacial score (nSPS) is 10.2. The third kappa shape index (κ3) is 3.21. The topological polar surface area (TPSA) is 12.9 Å². The van der Waals surface area contributed by atoms with Crippen molar-refractivity contribution in [2.75, 3.05) is 0 Å². The van der Waals surface area contributed by atoms with Crippen molar-refractivity contribution in [3.8, 4) is 0 Å². The molecule has 1 nitrogen and oxygen atoms in total. The highest BCUT2D eigenvalue weighted by Crippen LogP contribution is 2.24. The highest BCUT2D eigenvalue weighted by molar-refractivity contribution is 7.98. The summed E-state index contributed by atoms with van der Waals surface area (Å²) >= 11 is 1.77. The van der Waals surface area contributed by atoms with Crippen LogP contribution in [0.2, 0.25) is 0 Å². The van der Waals surface area contributed by atoms with Crippen LogP contribution in [0.3, 0.4) is 0 Å². The summed E-state index contributed by atoms with van der Waals surface area (Å²) in [6.45, 7) is 5.84. The number of thioether (sulfide) groups is 1. The van der Waals surface area contributed by atoms with Crippen molar-refractivity contribution in [3.63, 3.8) is 0 Å². The second kappa shape index (κ2) is 5.69. The molecule has 1 aromatic heterocycles. The second-order valence-electron chi connectivity index (χ2n) is 3.87. The Morgan fingerprint density at radius 1 is 1.29 bits per heavy atom. The molecule has 17 heavy (non-hydrogen) atoms. The molecule has 2 aromatic rings. The van der Waals surface area contributed by atoms with Gasteiger partial charge in [-0.25, -0.2) is 4.98 Å². The zero-order valence-electron chi connectivity index (χ0n) is 9.89. The summed E-state index contributed by atoms with van der Waals surface area (Å²) in [6.07, 6.45) is 3.69. The Morgan fingerprint density at radius 3 is 2.71 bits per heavy atom. The highest BCUT2D eigenvalue weighted by Gasteiger charge is 2.02. The Bertz CT molecular complexity index is 506. The van der Waals surface area contributed by atoms with Crippen LogP contribution in [0.25, 0.3) is 6.08 Å². The van der Waals surface area contributed by atoms with Crippen LogP contribution in [0.4, 0.5) is 0 Å². The van der Waals surface area contributed by atoms with Crippen LogP contribution >= 0.6 is 11.8 Å². The van der Waals surface area contributed by atoms with Gasteiger partial charge >= 0.3 is 0 Å². The Kier molecular flexibility index (Phi) is 3.99. The van der Waals surface area contributed by atoms with Gasteiger partial charge in [0, 0.05) is 11.9 Å². The smallest absolute Gasteiger partial charge is 0.0992 e. The molecule has 0 unspecified atom stereocenters. The molecule has 0 aliphatic heterocycles. The molecular weight excluding hydrogens is 226 g/mol. The van der Waals surface area contributed by atoms with E-state index in [0.29, 0.717) is 0 Å². The molecule has 0 aliphatic rings. The molecule has 0 spiro atoms. The molecule has 0 amide bonds. The Morgan fingerprint density at radius 2 is 2.06 bits per heavy atom. The summed E-state index contributed by atoms with van der Waals surface area (Å²) in [5.41, 5.74) is 3.61. The van der Waals surface area contributed by atoms with Crippen molar-refractivity contribution in [1.82, 2.24) is 4.98 Å². The van der Waals surface area contributed by atoms with E-state index in [1.54, 1.807) is 11.8 Å². The van der Waals surface area contributed by atoms with Crippen LogP contribution in [0.1, 0.15) is 16.7 Å². The van der Waals surface area contributed by atoms with Crippen molar-refractivity contribution in [2.24, 2.45) is 0 Å². The first-order valence-electron chi connectivity index (χ1n) is 5.55. The number of nitrogens with zero attached hydrogens (tertiary/aromatic N) is 1. The molecule has 0 aliphatic carbocycles. The minimum Gasteiger partial charge on any atom is -0.249 e. The van der Waals surface area contributed by atoms with Gasteiger partial charge in [0.15, 0.2) is 0 Å². The first-order valence-corrected chi connectivity index (χ1v) is 6.54. The van der Waals surface area contributed by atoms with Gasteiger partial charge in [-0.2, -0.15) is 0 Å². The highest BCUT2D eigenvalue weighted by atomic mass is 32.2. The van der Waals surface area contributed by atoms with Crippen LogP contribution in [-0.4, -0.2) is 4.98 Å². The van der Waals surface area contributed by atoms with Gasteiger partial charge in [-0.15, -0.1) is 11.8 Å². The number of aryl methyl sites for hydroxylation is 1. The maximum absolute atomic E-state index is 4.46. The molecule has 0 bridgehead atoms. The van der Waals surface area contributed by atoms with Gasteiger partial charge < -0.3 is 0 Å². The van der Waals surface area contributed by atoms with E-state index in [9.17, 15) is 0 Å². The first-order chi connectivity index (χ1) is 8.29. The van der Waals surface area contributed by atoms with Crippen LogP contribution < -0.4 is 0 Å². The fraction of sp³-hybridized carbons (Fsp3) is 0.133. The molecule has 1 aromatic carbocycles. The lowest BCUT2D eigenvalue weighted by Gasteiger charge is -2.05. The monoisotopic (exact) mass is 241 g/mol. The predicted octanol–water partition coefficient (Wildman–Crippen LogP) is 4.33. The molecular formula is C15H15NS. The zero-order chi connectivity index (χ0) is 12.1. The van der Waals surface area contributed by atoms with E-state index in [0.717, 1.165) is 16.3 Å². The summed E-state index contributed by atoms with van der Waals surface area (Å²) < 4.78 is 0. The van der Waals surface area contributed by atoms with Gasteiger partial charge in [0.1, 0.15) is 0 Å². The summed E-state index contributed by atoms with van der Waals surface area (Å²) in [6, 6.07) is 12.6. The van der Waals surface area contributed by atoms with Crippen molar-refractivity contribution in [1.29, 1.82) is 0 Å². The number of benzene rings is 1. The van der Waals surface area contributed by atoms with E-state index in [4.69, 9.17) is 0 Å². The minimum absolute atomic E-state index is 0.960. The third-order valence-electron chi connectivity index (χ3n) is 2.51. The maximum atomic E-state index is 4.46. The first kappa shape index (κ1) is 11.9. The summed E-state index contributed by atoms with van der Waals surface area (Å²) in [4.78, 5) is 4.46. The van der Waals surface area contributed by atoms with Gasteiger partial charge in [-0.3, -0.25) is 0 Å². The molecule has 1 heterocycles. The maximum Gasteiger partial charge on any atom is 0.0992 e. The number of pyridine rings is 1. The van der Waals surface area contributed by atoms with Crippen LogP contribution in [-0.2, 0) is 5.75 Å². The molecule has 0 N–H and O–H groups in total. The van der Waals surface area contributed by atoms with E-state index in [2.05, 4.69) is 48.8 Å². The van der Waals surface area contributed by atoms with Gasteiger partial charge in [0.2, 0.25) is 0 Å². The molecule has 86 valence electrons. The lowest BCUT2D eigenvalue weighted by Crippen LogP contribution is -1.88. The van der Waals surface area contributed by atoms with E-state index in [1.807, 2.05) is 18.3 Å². The zero-order valence-corrected chi connectivity index (χ0v) is 10.7. The van der Waals surface area contributed by atoms with Crippen LogP contribution in [0.5, 0.6) is 0 Å². The van der Waals surface area contributed by atoms with E-state index in [1.165, 1.54) is 11.1 Å². The molecule has 0 radical (unpaired) electrons. The fourth-order valence-corrected chi connectivity index (χ4v) is 2.48. The molecule has 0 saturated carbocycles. The molecule has 0 atom stereocenters. The molecule has 0 saturated heterocycles. The van der Waals surface area contributed by atoms with Crippen molar-refractivity contribution in [2.45, 2.75) is 17.7 Å². The molecule has 0 fully saturated rings. The average molecular weight is 241 g/mol. The van der Waals surface area contributed by atoms with Crippen molar-refractivity contribution < 1.29 is 0 Å². The van der Waals surface area contributed by atoms with Gasteiger partial charge in [-0.1, -0.05) is 43.0 Å². The van der Waals surface area contributed by atoms with Crippen molar-refractivity contribution in [3.05, 3.63) is 65.9 Å². The van der Waals surface area contributed by atoms with Gasteiger partial charge in [0.25, 0.3) is 0 Å². The summed E-state index contributed by atoms with van der Waals surface area (Å²) in [5.74, 6) is 0.960. The van der Waals surface area contributed by atoms with Crippen LogP contribution in [0, 0.1) is 6.92 Å². The molecule has 2 rings (SSSR count). The quantitative estimate of drug-likeness (QED) is 0.739. The lowest BCUT2D eigenvalue weighted by molar-refractivity contribution is 1.07. The largest absolute Gasteiger partial charge is 0.249 e. The van der Waals surface area contributed by atoms with E-state index in [-0.39, 0.29) is 0 Å². The summed E-state index contributed by atoms with van der Waals surface area (Å²) in [7, 11) is 0. The molecule has 2 heteroatoms. The van der Waals surface area contributed by atoms with Crippen molar-refractivity contribution >= 4 is 17.8 Å². The predicted molar refractivity (Wildman–Crippen MR) is 75.1 cm³/mol. The standard InChI is InChI=1S/C15H15NS/c1-3-13-9-12(2)15(16-10-13)17-11-14-7-5-4-6-8-14/h3-10H,1,11H2,2H3. The minimum atomic E-state index is 0.960. The average Bonchev–Trinajstić information content (AvgIpc) is 2.38. The number of rotatable bonds is 4. The Labute approximate surface area is 107 Å². The lowest BCUT2D eigenvalue weighted by atomic mass is 10.2. The number of aromatic nitrogens is 1. The Hall–Kier alpha value is -1.54. The van der Waals surface area contributed by atoms with Crippen LogP contribution in [0.15, 0.2) is 54.2 Å². The number of hydrogen-bond donors (Lipinski definition) is 0. The summed E-state index contributed by atoms with van der Waals surface area (Å²) in [5, 5.41) is 1.10. The van der Waals surface area contributed by atoms with Gasteiger partial charge in [-0.05, 0) is 29.7 Å². The van der Waals surface area contributed by atoms with E-state index < -0.39 is 0 Å². The SMILES string of the molecule is C=Cc1cnc(SCc2ccccc2)c(C)c1. The number of hydrogen-bond acceptors (Lipinski definition) is 2.